The highest BCUT2D eigenvalue weighted by Crippen LogP contribution is 2.38. The standard InChI is InChI=1S/C25H14F5N5O2/c1-37-14-6-7-15(17(9-14)25(28,29)30)19-8-5-13(10-31-19)24(36)35-12-21-20(11-32-35)33-23(34-21)16-3-2-4-18(26)22(16)27/h2-12H,1H3. The third-order valence-electron chi connectivity index (χ3n) is 5.48. The van der Waals surface area contributed by atoms with Crippen molar-refractivity contribution < 1.29 is 31.5 Å². The molecule has 0 bridgehead atoms. The van der Waals surface area contributed by atoms with Crippen molar-refractivity contribution in [2.24, 2.45) is 0 Å². The Bertz CT molecular complexity index is 1600. The van der Waals surface area contributed by atoms with Gasteiger partial charge in [-0.1, -0.05) is 6.07 Å². The number of nitrogens with zero attached hydrogens (tertiary/aromatic N) is 5. The summed E-state index contributed by atoms with van der Waals surface area (Å²) in [5.41, 5.74) is -0.772. The Morgan fingerprint density at radius 1 is 0.919 bits per heavy atom. The number of alkyl halides is 3. The van der Waals surface area contributed by atoms with Crippen molar-refractivity contribution in [1.82, 2.24) is 24.7 Å². The van der Waals surface area contributed by atoms with Crippen LogP contribution in [0.3, 0.4) is 0 Å². The molecule has 186 valence electrons. The number of halogens is 5. The number of carbonyl (C=O) groups excluding carboxylic acids is 1. The molecule has 0 N–H and O–H groups in total. The third-order valence-corrected chi connectivity index (χ3v) is 5.48. The first-order valence-corrected chi connectivity index (χ1v) is 10.6. The summed E-state index contributed by atoms with van der Waals surface area (Å²) in [6.45, 7) is 0. The Kier molecular flexibility index (Phi) is 5.86. The maximum atomic E-state index is 14.1. The number of pyridine rings is 1. The van der Waals surface area contributed by atoms with E-state index in [1.165, 1.54) is 55.9 Å². The monoisotopic (exact) mass is 511 g/mol. The number of hydrogen-bond acceptors (Lipinski definition) is 6. The number of ether oxygens (including phenoxy) is 1. The quantitative estimate of drug-likeness (QED) is 0.297. The molecule has 2 aliphatic heterocycles. The highest BCUT2D eigenvalue weighted by Gasteiger charge is 2.34. The van der Waals surface area contributed by atoms with Crippen LogP contribution in [0.1, 0.15) is 15.9 Å². The van der Waals surface area contributed by atoms with Crippen molar-refractivity contribution in [3.8, 4) is 39.8 Å². The molecule has 3 heterocycles. The minimum absolute atomic E-state index is 0.00334. The Balaban J connectivity index is 1.45. The van der Waals surface area contributed by atoms with E-state index < -0.39 is 29.3 Å². The van der Waals surface area contributed by atoms with E-state index in [1.807, 2.05) is 0 Å². The van der Waals surface area contributed by atoms with E-state index in [0.717, 1.165) is 23.0 Å². The van der Waals surface area contributed by atoms with Gasteiger partial charge in [-0.15, -0.1) is 0 Å². The van der Waals surface area contributed by atoms with Crippen molar-refractivity contribution in [2.45, 2.75) is 6.18 Å². The fourth-order valence-corrected chi connectivity index (χ4v) is 3.65. The average molecular weight is 511 g/mol. The molecule has 0 amide bonds. The maximum Gasteiger partial charge on any atom is 0.417 e. The van der Waals surface area contributed by atoms with Gasteiger partial charge in [-0.05, 0) is 42.5 Å². The summed E-state index contributed by atoms with van der Waals surface area (Å²) in [5, 5.41) is 3.98. The molecular weight excluding hydrogens is 497 g/mol. The van der Waals surface area contributed by atoms with Gasteiger partial charge in [-0.2, -0.15) is 18.3 Å². The van der Waals surface area contributed by atoms with Crippen molar-refractivity contribution in [2.75, 3.05) is 7.11 Å². The molecule has 0 saturated carbocycles. The van der Waals surface area contributed by atoms with E-state index in [4.69, 9.17) is 4.74 Å². The van der Waals surface area contributed by atoms with E-state index in [0.29, 0.717) is 0 Å². The van der Waals surface area contributed by atoms with E-state index in [9.17, 15) is 26.7 Å². The normalized spacial score (nSPS) is 11.6. The molecule has 12 heteroatoms. The summed E-state index contributed by atoms with van der Waals surface area (Å²) in [6, 6.07) is 9.70. The number of rotatable bonds is 4. The van der Waals surface area contributed by atoms with Gasteiger partial charge in [0.1, 0.15) is 17.1 Å². The van der Waals surface area contributed by atoms with Crippen molar-refractivity contribution >= 4 is 5.91 Å². The first-order chi connectivity index (χ1) is 17.7. The van der Waals surface area contributed by atoms with Gasteiger partial charge in [0.25, 0.3) is 5.91 Å². The minimum atomic E-state index is -4.65. The molecule has 2 aliphatic rings. The molecule has 0 atom stereocenters. The molecule has 1 aromatic heterocycles. The second-order valence-corrected chi connectivity index (χ2v) is 7.78. The van der Waals surface area contributed by atoms with Gasteiger partial charge in [0, 0.05) is 11.8 Å². The first-order valence-electron chi connectivity index (χ1n) is 10.6. The first kappa shape index (κ1) is 24.0. The lowest BCUT2D eigenvalue weighted by Crippen LogP contribution is -2.16. The SMILES string of the molecule is COc1ccc(-c2ccc(C(=O)n3cc4nc(-c5cccc(F)c5F)nc-4cn3)cn2)c(C(F)(F)F)c1. The van der Waals surface area contributed by atoms with Crippen LogP contribution >= 0.6 is 0 Å². The van der Waals surface area contributed by atoms with Crippen LogP contribution in [0, 0.1) is 11.6 Å². The van der Waals surface area contributed by atoms with Gasteiger partial charge in [0.15, 0.2) is 17.5 Å². The zero-order valence-corrected chi connectivity index (χ0v) is 18.8. The maximum absolute atomic E-state index is 14.1. The number of benzene rings is 2. The molecule has 0 radical (unpaired) electrons. The van der Waals surface area contributed by atoms with Gasteiger partial charge in [-0.25, -0.2) is 23.4 Å². The lowest BCUT2D eigenvalue weighted by molar-refractivity contribution is -0.137. The van der Waals surface area contributed by atoms with Crippen LogP contribution in [-0.2, 0) is 6.18 Å². The summed E-state index contributed by atoms with van der Waals surface area (Å²) < 4.78 is 74.2. The number of hydrogen-bond donors (Lipinski definition) is 0. The Morgan fingerprint density at radius 3 is 2.41 bits per heavy atom. The molecule has 0 spiro atoms. The number of methoxy groups -OCH3 is 1. The van der Waals surface area contributed by atoms with Crippen LogP contribution in [0.4, 0.5) is 22.0 Å². The summed E-state index contributed by atoms with van der Waals surface area (Å²) in [5.74, 6) is -2.84. The van der Waals surface area contributed by atoms with Crippen LogP contribution in [0.2, 0.25) is 0 Å². The summed E-state index contributed by atoms with van der Waals surface area (Å²) >= 11 is 0. The molecule has 0 saturated heterocycles. The second-order valence-electron chi connectivity index (χ2n) is 7.78. The van der Waals surface area contributed by atoms with Crippen molar-refractivity contribution in [3.05, 3.63) is 89.9 Å². The van der Waals surface area contributed by atoms with Crippen LogP contribution in [-0.4, -0.2) is 37.7 Å². The fraction of sp³-hybridized carbons (Fsp3) is 0.0800. The molecule has 7 nitrogen and oxygen atoms in total. The van der Waals surface area contributed by atoms with Gasteiger partial charge >= 0.3 is 6.18 Å². The molecule has 3 aromatic rings. The van der Waals surface area contributed by atoms with E-state index in [2.05, 4.69) is 20.1 Å². The minimum Gasteiger partial charge on any atom is -0.497 e. The van der Waals surface area contributed by atoms with Gasteiger partial charge in [0.2, 0.25) is 0 Å². The van der Waals surface area contributed by atoms with Crippen LogP contribution in [0.15, 0.2) is 67.1 Å². The van der Waals surface area contributed by atoms with Crippen molar-refractivity contribution in [3.63, 3.8) is 0 Å². The average Bonchev–Trinajstić information content (AvgIpc) is 3.32. The molecule has 0 unspecified atom stereocenters. The number of fused-ring (bicyclic) bond motifs is 1. The van der Waals surface area contributed by atoms with E-state index in [-0.39, 0.29) is 45.3 Å². The second kappa shape index (κ2) is 9.04. The Morgan fingerprint density at radius 2 is 1.70 bits per heavy atom. The Labute approximate surface area is 205 Å². The van der Waals surface area contributed by atoms with E-state index >= 15 is 0 Å². The zero-order valence-electron chi connectivity index (χ0n) is 18.8. The summed E-state index contributed by atoms with van der Waals surface area (Å²) in [4.78, 5) is 25.3. The van der Waals surface area contributed by atoms with Gasteiger partial charge < -0.3 is 4.74 Å². The highest BCUT2D eigenvalue weighted by molar-refractivity contribution is 5.95. The molecule has 0 fully saturated rings. The predicted octanol–water partition coefficient (Wildman–Crippen LogP) is 5.50. The summed E-state index contributed by atoms with van der Waals surface area (Å²) in [6.07, 6.45) is -1.03. The zero-order chi connectivity index (χ0) is 26.3. The Hall–Kier alpha value is -4.74. The number of aromatic nitrogens is 5. The highest BCUT2D eigenvalue weighted by atomic mass is 19.4. The number of imidazole rings is 1. The lowest BCUT2D eigenvalue weighted by atomic mass is 10.0. The predicted molar refractivity (Wildman–Crippen MR) is 121 cm³/mol. The van der Waals surface area contributed by atoms with Crippen LogP contribution < -0.4 is 4.74 Å². The third kappa shape index (κ3) is 4.48. The van der Waals surface area contributed by atoms with Crippen LogP contribution in [0.25, 0.3) is 34.0 Å². The van der Waals surface area contributed by atoms with Gasteiger partial charge in [0.05, 0.1) is 41.9 Å². The smallest absolute Gasteiger partial charge is 0.417 e. The molecule has 37 heavy (non-hydrogen) atoms. The van der Waals surface area contributed by atoms with Crippen molar-refractivity contribution in [1.29, 1.82) is 0 Å². The largest absolute Gasteiger partial charge is 0.497 e. The molecular formula is C25H14F5N5O2. The molecule has 5 rings (SSSR count). The fourth-order valence-electron chi connectivity index (χ4n) is 3.65. The molecule has 2 aromatic carbocycles. The number of carbonyl (C=O) groups is 1. The lowest BCUT2D eigenvalue weighted by Gasteiger charge is -2.14. The topological polar surface area (TPSA) is 82.8 Å². The van der Waals surface area contributed by atoms with Crippen LogP contribution in [0.5, 0.6) is 5.75 Å². The van der Waals surface area contributed by atoms with Gasteiger partial charge in [-0.3, -0.25) is 9.78 Å². The molecule has 0 aliphatic carbocycles. The summed E-state index contributed by atoms with van der Waals surface area (Å²) in [7, 11) is 1.26. The van der Waals surface area contributed by atoms with E-state index in [1.54, 1.807) is 0 Å².